The molecule has 3 atom stereocenters. The molecule has 0 amide bonds. The fraction of sp³-hybridized carbons (Fsp3) is 0.917. The maximum atomic E-state index is 12.4. The number of rotatable bonds is 4. The van der Waals surface area contributed by atoms with Gasteiger partial charge in [-0.2, -0.15) is 22.3 Å². The van der Waals surface area contributed by atoms with Crippen molar-refractivity contribution in [1.82, 2.24) is 8.61 Å². The lowest BCUT2D eigenvalue weighted by Gasteiger charge is -2.36. The zero-order valence-electron chi connectivity index (χ0n) is 11.6. The summed E-state index contributed by atoms with van der Waals surface area (Å²) in [6.45, 7) is 7.30. The first kappa shape index (κ1) is 15.4. The largest absolute Gasteiger partial charge is 0.281 e. The molecule has 0 N–H and O–H groups in total. The molecule has 104 valence electrons. The van der Waals surface area contributed by atoms with Gasteiger partial charge in [0, 0.05) is 26.7 Å². The molecule has 1 fully saturated rings. The molecule has 1 aliphatic rings. The normalized spacial score (nSPS) is 28.0. The van der Waals surface area contributed by atoms with Crippen molar-refractivity contribution >= 4 is 10.2 Å². The third kappa shape index (κ3) is 3.67. The van der Waals surface area contributed by atoms with E-state index in [-0.39, 0.29) is 12.5 Å². The van der Waals surface area contributed by atoms with Crippen molar-refractivity contribution in [2.24, 2.45) is 17.8 Å². The summed E-state index contributed by atoms with van der Waals surface area (Å²) in [6.07, 6.45) is 1.07. The lowest BCUT2D eigenvalue weighted by Crippen LogP contribution is -2.49. The Morgan fingerprint density at radius 1 is 1.39 bits per heavy atom. The van der Waals surface area contributed by atoms with Crippen molar-refractivity contribution in [1.29, 1.82) is 5.26 Å². The van der Waals surface area contributed by atoms with Gasteiger partial charge in [-0.3, -0.25) is 0 Å². The van der Waals surface area contributed by atoms with Crippen molar-refractivity contribution in [2.45, 2.75) is 27.2 Å². The second-order valence-corrected chi connectivity index (χ2v) is 7.62. The van der Waals surface area contributed by atoms with Gasteiger partial charge in [0.15, 0.2) is 0 Å². The van der Waals surface area contributed by atoms with Crippen LogP contribution in [0, 0.1) is 29.1 Å². The topological polar surface area (TPSA) is 64.4 Å². The van der Waals surface area contributed by atoms with Crippen molar-refractivity contribution in [3.8, 4) is 6.07 Å². The van der Waals surface area contributed by atoms with E-state index in [4.69, 9.17) is 5.26 Å². The monoisotopic (exact) mass is 273 g/mol. The van der Waals surface area contributed by atoms with Gasteiger partial charge in [0.25, 0.3) is 10.2 Å². The van der Waals surface area contributed by atoms with Crippen LogP contribution in [0.1, 0.15) is 27.2 Å². The van der Waals surface area contributed by atoms with Crippen LogP contribution >= 0.6 is 0 Å². The average molecular weight is 273 g/mol. The minimum atomic E-state index is -3.42. The fourth-order valence-corrected chi connectivity index (χ4v) is 4.20. The SMILES string of the molecule is CC(C#N)CN(C)S(=O)(=O)N1CC(C)CC(C)C1. The summed E-state index contributed by atoms with van der Waals surface area (Å²) in [5.74, 6) is 0.500. The van der Waals surface area contributed by atoms with E-state index in [1.807, 2.05) is 0 Å². The third-order valence-corrected chi connectivity index (χ3v) is 5.19. The third-order valence-electron chi connectivity index (χ3n) is 3.31. The number of piperidine rings is 1. The van der Waals surface area contributed by atoms with Gasteiger partial charge >= 0.3 is 0 Å². The Bertz CT molecular complexity index is 406. The Morgan fingerprint density at radius 3 is 2.33 bits per heavy atom. The minimum Gasteiger partial charge on any atom is -0.198 e. The van der Waals surface area contributed by atoms with E-state index in [1.54, 1.807) is 18.3 Å². The number of nitriles is 1. The van der Waals surface area contributed by atoms with Gasteiger partial charge < -0.3 is 0 Å². The average Bonchev–Trinajstić information content (AvgIpc) is 2.27. The fourth-order valence-electron chi connectivity index (χ4n) is 2.51. The van der Waals surface area contributed by atoms with E-state index >= 15 is 0 Å². The number of nitrogens with zero attached hydrogens (tertiary/aromatic N) is 3. The van der Waals surface area contributed by atoms with E-state index < -0.39 is 10.2 Å². The van der Waals surface area contributed by atoms with Crippen molar-refractivity contribution < 1.29 is 8.42 Å². The quantitative estimate of drug-likeness (QED) is 0.775. The summed E-state index contributed by atoms with van der Waals surface area (Å²) in [5, 5.41) is 8.76. The van der Waals surface area contributed by atoms with E-state index in [2.05, 4.69) is 19.9 Å². The molecule has 0 radical (unpaired) electrons. The van der Waals surface area contributed by atoms with E-state index in [0.717, 1.165) is 6.42 Å². The molecule has 0 aromatic carbocycles. The molecular formula is C12H23N3O2S. The molecule has 0 aromatic heterocycles. The highest BCUT2D eigenvalue weighted by Gasteiger charge is 2.33. The Balaban J connectivity index is 2.76. The molecule has 0 spiro atoms. The standard InChI is InChI=1S/C12H23N3O2S/c1-10-5-11(2)9-15(8-10)18(16,17)14(4)7-12(3)6-13/h10-12H,5,7-9H2,1-4H3. The van der Waals surface area contributed by atoms with Crippen molar-refractivity contribution in [3.05, 3.63) is 0 Å². The van der Waals surface area contributed by atoms with Crippen LogP contribution in [0.15, 0.2) is 0 Å². The molecule has 1 aliphatic heterocycles. The Kier molecular flexibility index (Phi) is 5.14. The smallest absolute Gasteiger partial charge is 0.198 e. The van der Waals surface area contributed by atoms with Gasteiger partial charge in [0.1, 0.15) is 0 Å². The number of hydrogen-bond acceptors (Lipinski definition) is 3. The second kappa shape index (κ2) is 6.00. The first-order valence-corrected chi connectivity index (χ1v) is 7.78. The maximum Gasteiger partial charge on any atom is 0.281 e. The zero-order chi connectivity index (χ0) is 13.9. The van der Waals surface area contributed by atoms with Crippen LogP contribution in [-0.2, 0) is 10.2 Å². The molecule has 0 saturated carbocycles. The van der Waals surface area contributed by atoms with Crippen molar-refractivity contribution in [3.63, 3.8) is 0 Å². The number of hydrogen-bond donors (Lipinski definition) is 0. The van der Waals surface area contributed by atoms with Crippen LogP contribution in [-0.4, -0.2) is 43.7 Å². The van der Waals surface area contributed by atoms with Crippen LogP contribution in [0.5, 0.6) is 0 Å². The molecule has 0 aromatic rings. The van der Waals surface area contributed by atoms with Gasteiger partial charge in [0.05, 0.1) is 12.0 Å². The zero-order valence-corrected chi connectivity index (χ0v) is 12.4. The van der Waals surface area contributed by atoms with Gasteiger partial charge in [0.2, 0.25) is 0 Å². The van der Waals surface area contributed by atoms with Gasteiger partial charge in [-0.05, 0) is 25.2 Å². The van der Waals surface area contributed by atoms with Gasteiger partial charge in [-0.1, -0.05) is 13.8 Å². The van der Waals surface area contributed by atoms with E-state index in [9.17, 15) is 8.42 Å². The van der Waals surface area contributed by atoms with Crippen LogP contribution < -0.4 is 0 Å². The van der Waals surface area contributed by atoms with Gasteiger partial charge in [-0.15, -0.1) is 0 Å². The molecule has 1 saturated heterocycles. The molecule has 0 bridgehead atoms. The lowest BCUT2D eigenvalue weighted by atomic mass is 9.94. The van der Waals surface area contributed by atoms with E-state index in [1.165, 1.54) is 4.31 Å². The summed E-state index contributed by atoms with van der Waals surface area (Å²) in [5.41, 5.74) is 0. The molecule has 18 heavy (non-hydrogen) atoms. The summed E-state index contributed by atoms with van der Waals surface area (Å²) in [4.78, 5) is 0. The first-order chi connectivity index (χ1) is 8.27. The molecule has 3 unspecified atom stereocenters. The Hall–Kier alpha value is -0.640. The van der Waals surface area contributed by atoms with Crippen LogP contribution in [0.2, 0.25) is 0 Å². The molecule has 0 aliphatic carbocycles. The highest BCUT2D eigenvalue weighted by molar-refractivity contribution is 7.86. The summed E-state index contributed by atoms with van der Waals surface area (Å²) in [6, 6.07) is 2.06. The first-order valence-electron chi connectivity index (χ1n) is 6.38. The maximum absolute atomic E-state index is 12.4. The Labute approximate surface area is 111 Å². The lowest BCUT2D eigenvalue weighted by molar-refractivity contribution is 0.211. The molecule has 6 heteroatoms. The predicted molar refractivity (Wildman–Crippen MR) is 70.8 cm³/mol. The van der Waals surface area contributed by atoms with Crippen LogP contribution in [0.3, 0.4) is 0 Å². The minimum absolute atomic E-state index is 0.248. The predicted octanol–water partition coefficient (Wildman–Crippen LogP) is 1.30. The summed E-state index contributed by atoms with van der Waals surface area (Å²) < 4.78 is 27.6. The molecule has 1 rings (SSSR count). The highest BCUT2D eigenvalue weighted by Crippen LogP contribution is 2.24. The van der Waals surface area contributed by atoms with E-state index in [0.29, 0.717) is 24.9 Å². The molecule has 1 heterocycles. The van der Waals surface area contributed by atoms with Crippen molar-refractivity contribution in [2.75, 3.05) is 26.7 Å². The van der Waals surface area contributed by atoms with Crippen LogP contribution in [0.4, 0.5) is 0 Å². The molecule has 5 nitrogen and oxygen atoms in total. The van der Waals surface area contributed by atoms with Gasteiger partial charge in [-0.25, -0.2) is 0 Å². The second-order valence-electron chi connectivity index (χ2n) is 5.58. The summed E-state index contributed by atoms with van der Waals surface area (Å²) in [7, 11) is -1.87. The summed E-state index contributed by atoms with van der Waals surface area (Å²) >= 11 is 0. The Morgan fingerprint density at radius 2 is 1.89 bits per heavy atom. The molecular weight excluding hydrogens is 250 g/mol. The highest BCUT2D eigenvalue weighted by atomic mass is 32.2. The van der Waals surface area contributed by atoms with Crippen LogP contribution in [0.25, 0.3) is 0 Å².